The molecular weight excluding hydrogens is 254 g/mol. The van der Waals surface area contributed by atoms with Crippen molar-refractivity contribution in [2.75, 3.05) is 19.6 Å². The molecule has 2 aliphatic rings. The van der Waals surface area contributed by atoms with E-state index in [0.717, 1.165) is 0 Å². The molecule has 1 nitrogen and oxygen atoms in total. The molecule has 0 unspecified atom stereocenters. The fourth-order valence-electron chi connectivity index (χ4n) is 3.17. The first-order valence-corrected chi connectivity index (χ1v) is 7.41. The van der Waals surface area contributed by atoms with Crippen molar-refractivity contribution in [3.63, 3.8) is 0 Å². The maximum absolute atomic E-state index is 2.64. The maximum atomic E-state index is 2.64. The number of piperidine rings is 1. The summed E-state index contributed by atoms with van der Waals surface area (Å²) < 4.78 is 0. The van der Waals surface area contributed by atoms with Crippen molar-refractivity contribution >= 4 is 18.5 Å². The lowest BCUT2D eigenvalue weighted by Crippen LogP contribution is -2.30. The van der Waals surface area contributed by atoms with Gasteiger partial charge in [-0.3, -0.25) is 0 Å². The molecule has 1 heterocycles. The van der Waals surface area contributed by atoms with Crippen molar-refractivity contribution in [1.29, 1.82) is 0 Å². The fourth-order valence-corrected chi connectivity index (χ4v) is 3.17. The van der Waals surface area contributed by atoms with Crippen molar-refractivity contribution in [2.45, 2.75) is 38.5 Å². The van der Waals surface area contributed by atoms with Crippen LogP contribution in [0.4, 0.5) is 0 Å². The van der Waals surface area contributed by atoms with Gasteiger partial charge < -0.3 is 4.90 Å². The van der Waals surface area contributed by atoms with Crippen LogP contribution in [-0.2, 0) is 6.42 Å². The number of aryl methyl sites for hydroxylation is 1. The Balaban J connectivity index is 0.00000133. The number of hydrogen-bond donors (Lipinski definition) is 0. The Hall–Kier alpha value is -0.790. The number of rotatable bonds is 3. The molecule has 0 amide bonds. The second kappa shape index (κ2) is 7.12. The van der Waals surface area contributed by atoms with Gasteiger partial charge in [0.15, 0.2) is 0 Å². The van der Waals surface area contributed by atoms with Gasteiger partial charge in [0, 0.05) is 6.54 Å². The average molecular weight is 278 g/mol. The smallest absolute Gasteiger partial charge is 0.00187 e. The SMILES string of the molecule is C1=C(CCN2CCCCC2)CCc2ccccc21.Cl. The summed E-state index contributed by atoms with van der Waals surface area (Å²) in [6.45, 7) is 3.92. The van der Waals surface area contributed by atoms with Crippen LogP contribution < -0.4 is 0 Å². The van der Waals surface area contributed by atoms with Gasteiger partial charge in [-0.2, -0.15) is 0 Å². The van der Waals surface area contributed by atoms with E-state index in [1.807, 2.05) is 0 Å². The van der Waals surface area contributed by atoms with Crippen molar-refractivity contribution in [2.24, 2.45) is 0 Å². The molecule has 0 radical (unpaired) electrons. The zero-order chi connectivity index (χ0) is 12.2. The fraction of sp³-hybridized carbons (Fsp3) is 0.529. The lowest BCUT2D eigenvalue weighted by molar-refractivity contribution is 0.231. The second-order valence-electron chi connectivity index (χ2n) is 5.65. The van der Waals surface area contributed by atoms with Crippen molar-refractivity contribution < 1.29 is 0 Å². The third kappa shape index (κ3) is 3.84. The zero-order valence-corrected chi connectivity index (χ0v) is 12.4. The van der Waals surface area contributed by atoms with Crippen LogP contribution in [0.2, 0.25) is 0 Å². The Bertz CT molecular complexity index is 433. The normalized spacial score (nSPS) is 19.3. The highest BCUT2D eigenvalue weighted by Gasteiger charge is 2.13. The summed E-state index contributed by atoms with van der Waals surface area (Å²) in [4.78, 5) is 2.64. The average Bonchev–Trinajstić information content (AvgIpc) is 2.46. The predicted molar refractivity (Wildman–Crippen MR) is 84.9 cm³/mol. The maximum Gasteiger partial charge on any atom is 0.00187 e. The summed E-state index contributed by atoms with van der Waals surface area (Å²) in [5, 5.41) is 0. The van der Waals surface area contributed by atoms with Crippen LogP contribution in [-0.4, -0.2) is 24.5 Å². The summed E-state index contributed by atoms with van der Waals surface area (Å²) in [5.41, 5.74) is 4.64. The summed E-state index contributed by atoms with van der Waals surface area (Å²) in [6, 6.07) is 8.84. The summed E-state index contributed by atoms with van der Waals surface area (Å²) >= 11 is 0. The summed E-state index contributed by atoms with van der Waals surface area (Å²) in [7, 11) is 0. The topological polar surface area (TPSA) is 3.24 Å². The minimum atomic E-state index is 0. The molecule has 3 rings (SSSR count). The zero-order valence-electron chi connectivity index (χ0n) is 11.6. The third-order valence-corrected chi connectivity index (χ3v) is 4.33. The second-order valence-corrected chi connectivity index (χ2v) is 5.65. The molecular formula is C17H24ClN. The lowest BCUT2D eigenvalue weighted by atomic mass is 9.91. The number of likely N-dealkylation sites (tertiary alicyclic amines) is 1. The number of halogens is 1. The van der Waals surface area contributed by atoms with Gasteiger partial charge in [-0.05, 0) is 56.3 Å². The Labute approximate surface area is 123 Å². The highest BCUT2D eigenvalue weighted by molar-refractivity contribution is 5.85. The first-order valence-electron chi connectivity index (χ1n) is 7.41. The first kappa shape index (κ1) is 14.6. The van der Waals surface area contributed by atoms with Gasteiger partial charge in [0.25, 0.3) is 0 Å². The van der Waals surface area contributed by atoms with E-state index in [9.17, 15) is 0 Å². The molecule has 0 aromatic heterocycles. The number of hydrogen-bond acceptors (Lipinski definition) is 1. The highest BCUT2D eigenvalue weighted by atomic mass is 35.5. The Morgan fingerprint density at radius 2 is 1.74 bits per heavy atom. The van der Waals surface area contributed by atoms with Crippen LogP contribution in [0.25, 0.3) is 6.08 Å². The molecule has 1 aliphatic heterocycles. The van der Waals surface area contributed by atoms with Crippen LogP contribution >= 0.6 is 12.4 Å². The number of benzene rings is 1. The number of fused-ring (bicyclic) bond motifs is 1. The molecule has 1 aromatic carbocycles. The lowest BCUT2D eigenvalue weighted by Gasteiger charge is -2.27. The van der Waals surface area contributed by atoms with Gasteiger partial charge in [-0.15, -0.1) is 12.4 Å². The van der Waals surface area contributed by atoms with E-state index in [2.05, 4.69) is 35.2 Å². The summed E-state index contributed by atoms with van der Waals surface area (Å²) in [5.74, 6) is 0. The van der Waals surface area contributed by atoms with Gasteiger partial charge in [0.2, 0.25) is 0 Å². The molecule has 0 atom stereocenters. The van der Waals surface area contributed by atoms with Crippen LogP contribution in [0.3, 0.4) is 0 Å². The van der Waals surface area contributed by atoms with E-state index in [1.54, 1.807) is 5.57 Å². The molecule has 0 saturated carbocycles. The van der Waals surface area contributed by atoms with E-state index >= 15 is 0 Å². The molecule has 19 heavy (non-hydrogen) atoms. The Morgan fingerprint density at radius 3 is 2.58 bits per heavy atom. The van der Waals surface area contributed by atoms with E-state index in [-0.39, 0.29) is 12.4 Å². The first-order chi connectivity index (χ1) is 8.92. The van der Waals surface area contributed by atoms with Gasteiger partial charge in [0.05, 0.1) is 0 Å². The molecule has 1 fully saturated rings. The summed E-state index contributed by atoms with van der Waals surface area (Å²) in [6.07, 6.45) is 10.5. The van der Waals surface area contributed by atoms with E-state index in [0.29, 0.717) is 0 Å². The van der Waals surface area contributed by atoms with Gasteiger partial charge >= 0.3 is 0 Å². The van der Waals surface area contributed by atoms with Gasteiger partial charge in [0.1, 0.15) is 0 Å². The quantitative estimate of drug-likeness (QED) is 0.796. The number of nitrogens with zero attached hydrogens (tertiary/aromatic N) is 1. The van der Waals surface area contributed by atoms with Crippen molar-refractivity contribution in [3.05, 3.63) is 41.0 Å². The molecule has 2 heteroatoms. The molecule has 1 saturated heterocycles. The van der Waals surface area contributed by atoms with Crippen LogP contribution in [0.5, 0.6) is 0 Å². The standard InChI is InChI=1S/C17H23N.ClH/c1-4-11-18(12-5-1)13-10-15-8-9-16-6-2-3-7-17(16)14-15;/h2-3,6-7,14H,1,4-5,8-13H2;1H. The predicted octanol–water partition coefficient (Wildman–Crippen LogP) is 4.31. The largest absolute Gasteiger partial charge is 0.303 e. The van der Waals surface area contributed by atoms with Gasteiger partial charge in [-0.1, -0.05) is 42.3 Å². The highest BCUT2D eigenvalue weighted by Crippen LogP contribution is 2.25. The Morgan fingerprint density at radius 1 is 0.947 bits per heavy atom. The molecule has 1 aliphatic carbocycles. The van der Waals surface area contributed by atoms with E-state index in [4.69, 9.17) is 0 Å². The van der Waals surface area contributed by atoms with Crippen LogP contribution in [0, 0.1) is 0 Å². The monoisotopic (exact) mass is 277 g/mol. The van der Waals surface area contributed by atoms with E-state index in [1.165, 1.54) is 69.3 Å². The Kier molecular flexibility index (Phi) is 5.47. The van der Waals surface area contributed by atoms with Crippen molar-refractivity contribution in [1.82, 2.24) is 4.90 Å². The van der Waals surface area contributed by atoms with Crippen molar-refractivity contribution in [3.8, 4) is 0 Å². The van der Waals surface area contributed by atoms with Crippen LogP contribution in [0.1, 0.15) is 43.2 Å². The molecule has 0 N–H and O–H groups in total. The minimum absolute atomic E-state index is 0. The molecule has 104 valence electrons. The minimum Gasteiger partial charge on any atom is -0.303 e. The molecule has 1 aromatic rings. The molecule has 0 spiro atoms. The third-order valence-electron chi connectivity index (χ3n) is 4.33. The molecule has 0 bridgehead atoms. The van der Waals surface area contributed by atoms with Gasteiger partial charge in [-0.25, -0.2) is 0 Å². The van der Waals surface area contributed by atoms with E-state index < -0.39 is 0 Å². The van der Waals surface area contributed by atoms with Crippen LogP contribution in [0.15, 0.2) is 29.8 Å².